The number of benzene rings is 1. The predicted molar refractivity (Wildman–Crippen MR) is 95.6 cm³/mol. The highest BCUT2D eigenvalue weighted by Gasteiger charge is 2.24. The highest BCUT2D eigenvalue weighted by molar-refractivity contribution is 7.09. The maximum atomic E-state index is 5.41. The lowest BCUT2D eigenvalue weighted by atomic mass is 10.1. The summed E-state index contributed by atoms with van der Waals surface area (Å²) in [5, 5.41) is 8.39. The molecule has 3 aromatic rings. The Morgan fingerprint density at radius 1 is 1.33 bits per heavy atom. The third kappa shape index (κ3) is 3.47. The second-order valence-corrected chi connectivity index (χ2v) is 6.80. The van der Waals surface area contributed by atoms with Gasteiger partial charge in [-0.25, -0.2) is 9.67 Å². The van der Waals surface area contributed by atoms with Gasteiger partial charge in [0.25, 0.3) is 0 Å². The molecular formula is C17H21N5OS. The van der Waals surface area contributed by atoms with Crippen LogP contribution in [-0.2, 0) is 16.9 Å². The fraction of sp³-hybridized carbons (Fsp3) is 0.353. The quantitative estimate of drug-likeness (QED) is 0.742. The molecule has 0 spiro atoms. The first-order valence-electron chi connectivity index (χ1n) is 7.72. The van der Waals surface area contributed by atoms with E-state index in [0.717, 1.165) is 10.8 Å². The smallest absolute Gasteiger partial charge is 0.202 e. The Kier molecular flexibility index (Phi) is 4.64. The number of anilines is 1. The van der Waals surface area contributed by atoms with E-state index in [1.165, 1.54) is 22.7 Å². The highest BCUT2D eigenvalue weighted by atomic mass is 32.1. The molecule has 3 rings (SSSR count). The Hall–Kier alpha value is -2.25. The van der Waals surface area contributed by atoms with Gasteiger partial charge in [0.1, 0.15) is 5.60 Å². The maximum Gasteiger partial charge on any atom is 0.202 e. The Morgan fingerprint density at radius 3 is 2.83 bits per heavy atom. The minimum atomic E-state index is -0.474. The molecule has 0 saturated carbocycles. The van der Waals surface area contributed by atoms with Crippen molar-refractivity contribution in [1.82, 2.24) is 19.1 Å². The average Bonchev–Trinajstić information content (AvgIpc) is 3.25. The molecule has 126 valence electrons. The van der Waals surface area contributed by atoms with Crippen molar-refractivity contribution in [1.29, 1.82) is 0 Å². The Morgan fingerprint density at radius 2 is 2.17 bits per heavy atom. The molecule has 24 heavy (non-hydrogen) atoms. The second kappa shape index (κ2) is 6.70. The first-order valence-corrected chi connectivity index (χ1v) is 8.50. The zero-order valence-electron chi connectivity index (χ0n) is 14.3. The van der Waals surface area contributed by atoms with Gasteiger partial charge in [-0.3, -0.25) is 0 Å². The third-order valence-corrected chi connectivity index (χ3v) is 4.67. The Bertz CT molecular complexity index is 810. The predicted octanol–water partition coefficient (Wildman–Crippen LogP) is 3.53. The van der Waals surface area contributed by atoms with E-state index in [1.807, 2.05) is 30.8 Å². The van der Waals surface area contributed by atoms with Crippen molar-refractivity contribution >= 4 is 16.7 Å². The molecule has 0 aliphatic rings. The number of aromatic nitrogens is 4. The minimum Gasteiger partial charge on any atom is -0.371 e. The lowest BCUT2D eigenvalue weighted by molar-refractivity contribution is 0.0126. The van der Waals surface area contributed by atoms with Crippen LogP contribution in [0.4, 0.5) is 5.13 Å². The molecule has 2 heterocycles. The zero-order valence-corrected chi connectivity index (χ0v) is 15.1. The van der Waals surface area contributed by atoms with Gasteiger partial charge in [-0.1, -0.05) is 6.07 Å². The summed E-state index contributed by atoms with van der Waals surface area (Å²) in [7, 11) is 1.67. The van der Waals surface area contributed by atoms with Gasteiger partial charge in [-0.15, -0.1) is 0 Å². The molecule has 1 N–H and O–H groups in total. The van der Waals surface area contributed by atoms with Crippen LogP contribution in [-0.4, -0.2) is 26.2 Å². The van der Waals surface area contributed by atoms with Crippen LogP contribution in [0.2, 0.25) is 0 Å². The van der Waals surface area contributed by atoms with Crippen molar-refractivity contribution in [2.45, 2.75) is 32.9 Å². The number of methoxy groups -OCH3 is 1. The monoisotopic (exact) mass is 343 g/mol. The van der Waals surface area contributed by atoms with E-state index in [1.54, 1.807) is 13.3 Å². The molecule has 0 aliphatic carbocycles. The standard InChI is InChI=1S/C17H21N5OS/c1-12-10-14(22-9-5-8-19-22)7-6-13(12)11-18-16-20-15(21-24-16)17(2,3)23-4/h5-10H,11H2,1-4H3,(H,18,20,21). The summed E-state index contributed by atoms with van der Waals surface area (Å²) in [6, 6.07) is 8.22. The van der Waals surface area contributed by atoms with Crippen LogP contribution < -0.4 is 5.32 Å². The van der Waals surface area contributed by atoms with E-state index in [-0.39, 0.29) is 0 Å². The number of nitrogens with one attached hydrogen (secondary N) is 1. The lowest BCUT2D eigenvalue weighted by Gasteiger charge is -2.18. The number of aryl methyl sites for hydroxylation is 1. The van der Waals surface area contributed by atoms with E-state index in [2.05, 4.69) is 44.9 Å². The van der Waals surface area contributed by atoms with Gasteiger partial charge in [0.15, 0.2) is 5.82 Å². The third-order valence-electron chi connectivity index (χ3n) is 4.00. The first-order chi connectivity index (χ1) is 11.5. The summed E-state index contributed by atoms with van der Waals surface area (Å²) in [4.78, 5) is 4.51. The van der Waals surface area contributed by atoms with Gasteiger partial charge >= 0.3 is 0 Å². The number of nitrogens with zero attached hydrogens (tertiary/aromatic N) is 4. The van der Waals surface area contributed by atoms with Crippen LogP contribution in [0.5, 0.6) is 0 Å². The summed E-state index contributed by atoms with van der Waals surface area (Å²) in [5.74, 6) is 0.697. The van der Waals surface area contributed by atoms with E-state index in [0.29, 0.717) is 12.4 Å². The van der Waals surface area contributed by atoms with E-state index >= 15 is 0 Å². The van der Waals surface area contributed by atoms with Crippen molar-refractivity contribution in [3.05, 3.63) is 53.6 Å². The molecule has 0 aliphatic heterocycles. The van der Waals surface area contributed by atoms with Gasteiger partial charge in [0, 0.05) is 37.6 Å². The van der Waals surface area contributed by atoms with Crippen molar-refractivity contribution < 1.29 is 4.74 Å². The Labute approximate surface area is 145 Å². The van der Waals surface area contributed by atoms with Gasteiger partial charge in [-0.2, -0.15) is 9.47 Å². The molecule has 2 aromatic heterocycles. The molecule has 0 saturated heterocycles. The van der Waals surface area contributed by atoms with Crippen LogP contribution >= 0.6 is 11.5 Å². The number of hydrogen-bond donors (Lipinski definition) is 1. The summed E-state index contributed by atoms with van der Waals surface area (Å²) >= 11 is 1.35. The van der Waals surface area contributed by atoms with Gasteiger partial charge in [0.05, 0.1) is 5.69 Å². The second-order valence-electron chi connectivity index (χ2n) is 6.05. The zero-order chi connectivity index (χ0) is 17.2. The molecular weight excluding hydrogens is 322 g/mol. The van der Waals surface area contributed by atoms with Gasteiger partial charge in [-0.05, 0) is 50.1 Å². The molecule has 0 bridgehead atoms. The summed E-state index contributed by atoms with van der Waals surface area (Å²) in [6.45, 7) is 6.71. The van der Waals surface area contributed by atoms with Crippen LogP contribution in [0.25, 0.3) is 5.69 Å². The fourth-order valence-electron chi connectivity index (χ4n) is 2.24. The largest absolute Gasteiger partial charge is 0.371 e. The molecule has 0 amide bonds. The fourth-order valence-corrected chi connectivity index (χ4v) is 2.94. The number of rotatable bonds is 6. The summed E-state index contributed by atoms with van der Waals surface area (Å²) < 4.78 is 11.6. The van der Waals surface area contributed by atoms with Crippen LogP contribution in [0.1, 0.15) is 30.8 Å². The van der Waals surface area contributed by atoms with Crippen LogP contribution in [0.3, 0.4) is 0 Å². The van der Waals surface area contributed by atoms with E-state index in [4.69, 9.17) is 4.74 Å². The van der Waals surface area contributed by atoms with Crippen LogP contribution in [0.15, 0.2) is 36.7 Å². The number of hydrogen-bond acceptors (Lipinski definition) is 6. The first kappa shape index (κ1) is 16.6. The normalized spacial score (nSPS) is 11.7. The maximum absolute atomic E-state index is 5.41. The topological polar surface area (TPSA) is 64.9 Å². The van der Waals surface area contributed by atoms with E-state index in [9.17, 15) is 0 Å². The van der Waals surface area contributed by atoms with Crippen molar-refractivity contribution in [2.24, 2.45) is 0 Å². The summed E-state index contributed by atoms with van der Waals surface area (Å²) in [5.41, 5.74) is 3.00. The molecule has 0 atom stereocenters. The molecule has 7 heteroatoms. The minimum absolute atomic E-state index is 0.474. The van der Waals surface area contributed by atoms with Crippen LogP contribution in [0, 0.1) is 6.92 Å². The van der Waals surface area contributed by atoms with Gasteiger partial charge in [0.2, 0.25) is 5.13 Å². The number of ether oxygens (including phenoxy) is 1. The van der Waals surface area contributed by atoms with Gasteiger partial charge < -0.3 is 10.1 Å². The van der Waals surface area contributed by atoms with Crippen molar-refractivity contribution in [2.75, 3.05) is 12.4 Å². The highest BCUT2D eigenvalue weighted by Crippen LogP contribution is 2.25. The van der Waals surface area contributed by atoms with Crippen molar-refractivity contribution in [3.8, 4) is 5.69 Å². The average molecular weight is 343 g/mol. The molecule has 0 unspecified atom stereocenters. The molecule has 0 fully saturated rings. The lowest BCUT2D eigenvalue weighted by Crippen LogP contribution is -2.21. The molecule has 0 radical (unpaired) electrons. The van der Waals surface area contributed by atoms with E-state index < -0.39 is 5.60 Å². The SMILES string of the molecule is COC(C)(C)c1nsc(NCc2ccc(-n3cccn3)cc2C)n1. The Balaban J connectivity index is 1.69. The molecule has 6 nitrogen and oxygen atoms in total. The summed E-state index contributed by atoms with van der Waals surface area (Å²) in [6.07, 6.45) is 3.71. The van der Waals surface area contributed by atoms with Crippen molar-refractivity contribution in [3.63, 3.8) is 0 Å². The molecule has 1 aromatic carbocycles.